The lowest BCUT2D eigenvalue weighted by Gasteiger charge is -2.35. The van der Waals surface area contributed by atoms with Gasteiger partial charge in [0.05, 0.1) is 4.47 Å². The first kappa shape index (κ1) is 11.6. The quantitative estimate of drug-likeness (QED) is 0.877. The third-order valence-corrected chi connectivity index (χ3v) is 3.72. The topological polar surface area (TPSA) is 63.8 Å². The largest absolute Gasteiger partial charge is 0.368 e. The van der Waals surface area contributed by atoms with Gasteiger partial charge >= 0.3 is 0 Å². The first-order valence-corrected chi connectivity index (χ1v) is 6.45. The molecule has 0 radical (unpaired) electrons. The molecule has 1 aliphatic carbocycles. The number of nitrogens with one attached hydrogen (secondary N) is 1. The SMILES string of the molecule is CC1(Nc2nc(N)ncc2Br)CCCCC1. The molecule has 2 rings (SSSR count). The third-order valence-electron chi connectivity index (χ3n) is 3.14. The van der Waals surface area contributed by atoms with Crippen molar-refractivity contribution >= 4 is 27.7 Å². The van der Waals surface area contributed by atoms with Gasteiger partial charge in [0.1, 0.15) is 5.82 Å². The molecule has 1 heterocycles. The van der Waals surface area contributed by atoms with Crippen LogP contribution in [0.5, 0.6) is 0 Å². The van der Waals surface area contributed by atoms with Gasteiger partial charge in [0.2, 0.25) is 5.95 Å². The molecule has 1 aromatic rings. The summed E-state index contributed by atoms with van der Waals surface area (Å²) in [6.07, 6.45) is 7.96. The normalized spacial score (nSPS) is 19.4. The summed E-state index contributed by atoms with van der Waals surface area (Å²) in [6, 6.07) is 0. The van der Waals surface area contributed by atoms with Crippen LogP contribution < -0.4 is 11.1 Å². The lowest BCUT2D eigenvalue weighted by molar-refractivity contribution is 0.348. The standard InChI is InChI=1S/C11H17BrN4/c1-11(5-3-2-4-6-11)16-9-8(12)7-14-10(13)15-9/h7H,2-6H2,1H3,(H3,13,14,15,16). The van der Waals surface area contributed by atoms with Crippen LogP contribution in [0, 0.1) is 0 Å². The van der Waals surface area contributed by atoms with Gasteiger partial charge in [0, 0.05) is 11.7 Å². The molecule has 1 saturated carbocycles. The van der Waals surface area contributed by atoms with Gasteiger partial charge in [-0.05, 0) is 35.7 Å². The predicted octanol–water partition coefficient (Wildman–Crippen LogP) is 2.96. The highest BCUT2D eigenvalue weighted by Gasteiger charge is 2.27. The van der Waals surface area contributed by atoms with E-state index in [1.807, 2.05) is 0 Å². The molecule has 0 atom stereocenters. The molecule has 5 heteroatoms. The Morgan fingerprint density at radius 1 is 1.38 bits per heavy atom. The number of halogens is 1. The van der Waals surface area contributed by atoms with E-state index in [0.717, 1.165) is 10.3 Å². The van der Waals surface area contributed by atoms with Crippen molar-refractivity contribution in [3.05, 3.63) is 10.7 Å². The van der Waals surface area contributed by atoms with Crippen LogP contribution in [0.15, 0.2) is 10.7 Å². The van der Waals surface area contributed by atoms with Gasteiger partial charge < -0.3 is 11.1 Å². The van der Waals surface area contributed by atoms with Crippen molar-refractivity contribution in [2.45, 2.75) is 44.6 Å². The Balaban J connectivity index is 2.15. The van der Waals surface area contributed by atoms with Crippen LogP contribution in [-0.4, -0.2) is 15.5 Å². The Morgan fingerprint density at radius 3 is 2.75 bits per heavy atom. The second-order valence-corrected chi connectivity index (χ2v) is 5.53. The number of aromatic nitrogens is 2. The molecule has 0 spiro atoms. The maximum atomic E-state index is 5.59. The van der Waals surface area contributed by atoms with Crippen molar-refractivity contribution in [1.29, 1.82) is 0 Å². The number of hydrogen-bond acceptors (Lipinski definition) is 4. The Labute approximate surface area is 104 Å². The Bertz CT molecular complexity index is 374. The minimum absolute atomic E-state index is 0.140. The van der Waals surface area contributed by atoms with E-state index >= 15 is 0 Å². The molecule has 16 heavy (non-hydrogen) atoms. The van der Waals surface area contributed by atoms with Crippen molar-refractivity contribution in [1.82, 2.24) is 9.97 Å². The molecule has 0 amide bonds. The van der Waals surface area contributed by atoms with Crippen LogP contribution in [0.1, 0.15) is 39.0 Å². The first-order chi connectivity index (χ1) is 7.59. The van der Waals surface area contributed by atoms with Gasteiger partial charge in [-0.1, -0.05) is 19.3 Å². The first-order valence-electron chi connectivity index (χ1n) is 5.65. The van der Waals surface area contributed by atoms with Crippen molar-refractivity contribution in [2.75, 3.05) is 11.1 Å². The number of nitrogen functional groups attached to an aromatic ring is 1. The monoisotopic (exact) mass is 284 g/mol. The Kier molecular flexibility index (Phi) is 3.33. The van der Waals surface area contributed by atoms with E-state index in [1.54, 1.807) is 6.20 Å². The zero-order valence-electron chi connectivity index (χ0n) is 9.46. The molecule has 3 N–H and O–H groups in total. The molecule has 0 saturated heterocycles. The average Bonchev–Trinajstić information content (AvgIpc) is 2.24. The summed E-state index contributed by atoms with van der Waals surface area (Å²) in [6.45, 7) is 2.25. The van der Waals surface area contributed by atoms with E-state index in [0.29, 0.717) is 5.95 Å². The van der Waals surface area contributed by atoms with E-state index in [-0.39, 0.29) is 5.54 Å². The molecule has 88 valence electrons. The van der Waals surface area contributed by atoms with Gasteiger partial charge in [-0.25, -0.2) is 4.98 Å². The number of nitrogens with zero attached hydrogens (tertiary/aromatic N) is 2. The minimum atomic E-state index is 0.140. The highest BCUT2D eigenvalue weighted by molar-refractivity contribution is 9.10. The molecule has 4 nitrogen and oxygen atoms in total. The van der Waals surface area contributed by atoms with E-state index in [1.165, 1.54) is 32.1 Å². The summed E-state index contributed by atoms with van der Waals surface area (Å²) in [7, 11) is 0. The number of rotatable bonds is 2. The second-order valence-electron chi connectivity index (χ2n) is 4.67. The Hall–Kier alpha value is -0.840. The van der Waals surface area contributed by atoms with Gasteiger partial charge in [0.25, 0.3) is 0 Å². The number of nitrogens with two attached hydrogens (primary N) is 1. The molecule has 0 aliphatic heterocycles. The van der Waals surface area contributed by atoms with Gasteiger partial charge in [-0.3, -0.25) is 0 Å². The smallest absolute Gasteiger partial charge is 0.221 e. The molecule has 1 fully saturated rings. The highest BCUT2D eigenvalue weighted by atomic mass is 79.9. The number of anilines is 2. The number of hydrogen-bond donors (Lipinski definition) is 2. The van der Waals surface area contributed by atoms with E-state index < -0.39 is 0 Å². The fourth-order valence-corrected chi connectivity index (χ4v) is 2.50. The maximum absolute atomic E-state index is 5.59. The van der Waals surface area contributed by atoms with Crippen LogP contribution in [0.4, 0.5) is 11.8 Å². The fraction of sp³-hybridized carbons (Fsp3) is 0.636. The van der Waals surface area contributed by atoms with Crippen LogP contribution in [0.3, 0.4) is 0 Å². The van der Waals surface area contributed by atoms with E-state index in [4.69, 9.17) is 5.73 Å². The maximum Gasteiger partial charge on any atom is 0.221 e. The zero-order valence-corrected chi connectivity index (χ0v) is 11.0. The Morgan fingerprint density at radius 2 is 2.06 bits per heavy atom. The lowest BCUT2D eigenvalue weighted by atomic mass is 9.83. The summed E-state index contributed by atoms with van der Waals surface area (Å²) >= 11 is 3.44. The van der Waals surface area contributed by atoms with Crippen molar-refractivity contribution < 1.29 is 0 Å². The van der Waals surface area contributed by atoms with Crippen LogP contribution in [0.2, 0.25) is 0 Å². The third kappa shape index (κ3) is 2.64. The molecule has 1 aromatic heterocycles. The molecule has 1 aliphatic rings. The summed E-state index contributed by atoms with van der Waals surface area (Å²) in [4.78, 5) is 8.16. The summed E-state index contributed by atoms with van der Waals surface area (Å²) in [5, 5.41) is 3.49. The summed E-state index contributed by atoms with van der Waals surface area (Å²) in [5.74, 6) is 1.11. The van der Waals surface area contributed by atoms with E-state index in [9.17, 15) is 0 Å². The summed E-state index contributed by atoms with van der Waals surface area (Å²) < 4.78 is 0.869. The van der Waals surface area contributed by atoms with Crippen LogP contribution >= 0.6 is 15.9 Å². The average molecular weight is 285 g/mol. The summed E-state index contributed by atoms with van der Waals surface area (Å²) in [5.41, 5.74) is 5.73. The van der Waals surface area contributed by atoms with Crippen molar-refractivity contribution in [2.24, 2.45) is 0 Å². The highest BCUT2D eigenvalue weighted by Crippen LogP contribution is 2.32. The molecule has 0 aromatic carbocycles. The van der Waals surface area contributed by atoms with Crippen LogP contribution in [-0.2, 0) is 0 Å². The molecule has 0 unspecified atom stereocenters. The lowest BCUT2D eigenvalue weighted by Crippen LogP contribution is -2.37. The molecular formula is C11H17BrN4. The van der Waals surface area contributed by atoms with Crippen LogP contribution in [0.25, 0.3) is 0 Å². The van der Waals surface area contributed by atoms with Gasteiger partial charge in [0.15, 0.2) is 0 Å². The van der Waals surface area contributed by atoms with Gasteiger partial charge in [-0.15, -0.1) is 0 Å². The van der Waals surface area contributed by atoms with Crippen molar-refractivity contribution in [3.63, 3.8) is 0 Å². The minimum Gasteiger partial charge on any atom is -0.368 e. The van der Waals surface area contributed by atoms with Crippen molar-refractivity contribution in [3.8, 4) is 0 Å². The second kappa shape index (κ2) is 4.57. The van der Waals surface area contributed by atoms with Gasteiger partial charge in [-0.2, -0.15) is 4.98 Å². The molecule has 0 bridgehead atoms. The zero-order chi connectivity index (χ0) is 11.6. The molecular weight excluding hydrogens is 268 g/mol. The van der Waals surface area contributed by atoms with E-state index in [2.05, 4.69) is 38.1 Å². The predicted molar refractivity (Wildman–Crippen MR) is 69.3 cm³/mol. The fourth-order valence-electron chi connectivity index (χ4n) is 2.21.